The van der Waals surface area contributed by atoms with Crippen LogP contribution in [-0.4, -0.2) is 0 Å². The first-order valence-electron chi connectivity index (χ1n) is 5.76. The monoisotopic (exact) mass is 307 g/mol. The number of rotatable bonds is 2. The number of hydrogen-bond donors (Lipinski definition) is 1. The first kappa shape index (κ1) is 13.2. The van der Waals surface area contributed by atoms with Crippen LogP contribution in [0.25, 0.3) is 0 Å². The summed E-state index contributed by atoms with van der Waals surface area (Å²) in [5, 5.41) is 0. The number of halogens is 2. The molecule has 1 unspecified atom stereocenters. The van der Waals surface area contributed by atoms with Gasteiger partial charge in [-0.15, -0.1) is 0 Å². The number of hydrogen-bond acceptors (Lipinski definition) is 1. The van der Waals surface area contributed by atoms with Gasteiger partial charge in [-0.2, -0.15) is 0 Å². The molecular weight excluding hydrogens is 293 g/mol. The van der Waals surface area contributed by atoms with Gasteiger partial charge >= 0.3 is 0 Å². The van der Waals surface area contributed by atoms with Crippen LogP contribution in [0.3, 0.4) is 0 Å². The van der Waals surface area contributed by atoms with Gasteiger partial charge in [0.1, 0.15) is 5.82 Å². The summed E-state index contributed by atoms with van der Waals surface area (Å²) in [6.07, 6.45) is 0. The molecule has 0 heterocycles. The Bertz CT molecular complexity index is 581. The summed E-state index contributed by atoms with van der Waals surface area (Å²) in [5.74, 6) is -0.271. The summed E-state index contributed by atoms with van der Waals surface area (Å²) in [6.45, 7) is 4.11. The molecule has 0 aromatic heterocycles. The lowest BCUT2D eigenvalue weighted by atomic mass is 9.96. The maximum Gasteiger partial charge on any atom is 0.123 e. The molecule has 94 valence electrons. The van der Waals surface area contributed by atoms with E-state index in [1.807, 2.05) is 19.1 Å². The fourth-order valence-corrected chi connectivity index (χ4v) is 2.38. The van der Waals surface area contributed by atoms with Gasteiger partial charge in [-0.25, -0.2) is 4.39 Å². The van der Waals surface area contributed by atoms with E-state index in [1.165, 1.54) is 23.3 Å². The highest BCUT2D eigenvalue weighted by Crippen LogP contribution is 2.28. The zero-order chi connectivity index (χ0) is 13.3. The molecule has 0 radical (unpaired) electrons. The molecule has 1 atom stereocenters. The topological polar surface area (TPSA) is 26.0 Å². The Morgan fingerprint density at radius 1 is 1.06 bits per heavy atom. The van der Waals surface area contributed by atoms with Crippen molar-refractivity contribution >= 4 is 15.9 Å². The summed E-state index contributed by atoms with van der Waals surface area (Å²) in [6, 6.07) is 10.3. The van der Waals surface area contributed by atoms with Crippen molar-refractivity contribution in [2.24, 2.45) is 5.73 Å². The second-order valence-corrected chi connectivity index (χ2v) is 5.34. The Labute approximate surface area is 115 Å². The third-order valence-corrected chi connectivity index (χ3v) is 3.91. The molecule has 0 amide bonds. The first-order valence-corrected chi connectivity index (χ1v) is 6.56. The summed E-state index contributed by atoms with van der Waals surface area (Å²) in [5.41, 5.74) is 10.4. The molecular formula is C15H15BrFN. The molecule has 0 aliphatic carbocycles. The van der Waals surface area contributed by atoms with Crippen molar-refractivity contribution in [2.75, 3.05) is 0 Å². The van der Waals surface area contributed by atoms with Crippen LogP contribution in [0.4, 0.5) is 4.39 Å². The van der Waals surface area contributed by atoms with Gasteiger partial charge in [-0.3, -0.25) is 0 Å². The van der Waals surface area contributed by atoms with Crippen molar-refractivity contribution in [1.82, 2.24) is 0 Å². The van der Waals surface area contributed by atoms with Crippen LogP contribution in [0.15, 0.2) is 40.9 Å². The van der Waals surface area contributed by atoms with Crippen LogP contribution in [0.5, 0.6) is 0 Å². The molecule has 18 heavy (non-hydrogen) atoms. The smallest absolute Gasteiger partial charge is 0.123 e. The molecule has 2 N–H and O–H groups in total. The number of nitrogens with two attached hydrogens (primary N) is 1. The van der Waals surface area contributed by atoms with E-state index in [0.29, 0.717) is 0 Å². The predicted molar refractivity (Wildman–Crippen MR) is 76.0 cm³/mol. The highest BCUT2D eigenvalue weighted by atomic mass is 79.9. The Morgan fingerprint density at radius 2 is 1.78 bits per heavy atom. The van der Waals surface area contributed by atoms with Crippen molar-refractivity contribution in [3.8, 4) is 0 Å². The van der Waals surface area contributed by atoms with Gasteiger partial charge in [0.15, 0.2) is 0 Å². The number of aryl methyl sites for hydroxylation is 2. The van der Waals surface area contributed by atoms with Crippen LogP contribution in [0, 0.1) is 19.7 Å². The highest BCUT2D eigenvalue weighted by Gasteiger charge is 2.13. The molecule has 0 bridgehead atoms. The second-order valence-electron chi connectivity index (χ2n) is 4.49. The fraction of sp³-hybridized carbons (Fsp3) is 0.200. The molecule has 0 saturated carbocycles. The summed E-state index contributed by atoms with van der Waals surface area (Å²) >= 11 is 3.41. The molecule has 2 rings (SSSR count). The molecule has 0 fully saturated rings. The van der Waals surface area contributed by atoms with E-state index in [-0.39, 0.29) is 11.9 Å². The van der Waals surface area contributed by atoms with E-state index in [2.05, 4.69) is 28.9 Å². The zero-order valence-corrected chi connectivity index (χ0v) is 12.0. The van der Waals surface area contributed by atoms with Crippen LogP contribution >= 0.6 is 15.9 Å². The highest BCUT2D eigenvalue weighted by molar-refractivity contribution is 9.10. The standard InChI is InChI=1S/C15H15BrFN/c1-9-3-4-11(7-10(9)2)15(18)13-8-12(17)5-6-14(13)16/h3-8,15H,18H2,1-2H3. The maximum absolute atomic E-state index is 13.3. The lowest BCUT2D eigenvalue weighted by Gasteiger charge is -2.16. The lowest BCUT2D eigenvalue weighted by Crippen LogP contribution is -2.13. The average Bonchev–Trinajstić information content (AvgIpc) is 2.35. The third kappa shape index (κ3) is 2.62. The van der Waals surface area contributed by atoms with Crippen LogP contribution in [0.1, 0.15) is 28.3 Å². The lowest BCUT2D eigenvalue weighted by molar-refractivity contribution is 0.623. The Morgan fingerprint density at radius 3 is 2.44 bits per heavy atom. The minimum Gasteiger partial charge on any atom is -0.320 e. The normalized spacial score (nSPS) is 12.5. The zero-order valence-electron chi connectivity index (χ0n) is 10.4. The Hall–Kier alpha value is -1.19. The number of benzene rings is 2. The minimum absolute atomic E-state index is 0.271. The molecule has 0 aliphatic rings. The molecule has 2 aromatic carbocycles. The average molecular weight is 308 g/mol. The minimum atomic E-state index is -0.325. The van der Waals surface area contributed by atoms with Crippen molar-refractivity contribution < 1.29 is 4.39 Å². The molecule has 3 heteroatoms. The van der Waals surface area contributed by atoms with Gasteiger partial charge in [-0.1, -0.05) is 34.1 Å². The third-order valence-electron chi connectivity index (χ3n) is 3.18. The van der Waals surface area contributed by atoms with E-state index in [0.717, 1.165) is 15.6 Å². The van der Waals surface area contributed by atoms with E-state index in [9.17, 15) is 4.39 Å². The van der Waals surface area contributed by atoms with E-state index in [4.69, 9.17) is 5.73 Å². The summed E-state index contributed by atoms with van der Waals surface area (Å²) < 4.78 is 14.1. The van der Waals surface area contributed by atoms with E-state index in [1.54, 1.807) is 6.07 Å². The second kappa shape index (κ2) is 5.21. The Kier molecular flexibility index (Phi) is 3.83. The van der Waals surface area contributed by atoms with Crippen molar-refractivity contribution in [1.29, 1.82) is 0 Å². The predicted octanol–water partition coefficient (Wildman–Crippen LogP) is 4.25. The molecule has 2 aromatic rings. The van der Waals surface area contributed by atoms with Gasteiger partial charge in [0.25, 0.3) is 0 Å². The van der Waals surface area contributed by atoms with Crippen LogP contribution in [-0.2, 0) is 0 Å². The Balaban J connectivity index is 2.44. The van der Waals surface area contributed by atoms with Crippen LogP contribution < -0.4 is 5.73 Å². The van der Waals surface area contributed by atoms with Crippen molar-refractivity contribution in [3.05, 3.63) is 68.9 Å². The van der Waals surface area contributed by atoms with Gasteiger partial charge in [-0.05, 0) is 54.3 Å². The van der Waals surface area contributed by atoms with Crippen LogP contribution in [0.2, 0.25) is 0 Å². The van der Waals surface area contributed by atoms with Gasteiger partial charge in [0.2, 0.25) is 0 Å². The van der Waals surface area contributed by atoms with Gasteiger partial charge in [0, 0.05) is 4.47 Å². The molecule has 0 aliphatic heterocycles. The molecule has 0 saturated heterocycles. The van der Waals surface area contributed by atoms with Gasteiger partial charge < -0.3 is 5.73 Å². The van der Waals surface area contributed by atoms with E-state index >= 15 is 0 Å². The van der Waals surface area contributed by atoms with Gasteiger partial charge in [0.05, 0.1) is 6.04 Å². The SMILES string of the molecule is Cc1ccc(C(N)c2cc(F)ccc2Br)cc1C. The molecule has 0 spiro atoms. The largest absolute Gasteiger partial charge is 0.320 e. The summed E-state index contributed by atoms with van der Waals surface area (Å²) in [4.78, 5) is 0. The fourth-order valence-electron chi connectivity index (χ4n) is 1.89. The quantitative estimate of drug-likeness (QED) is 0.881. The maximum atomic E-state index is 13.3. The molecule has 1 nitrogen and oxygen atoms in total. The first-order chi connectivity index (χ1) is 8.49. The summed E-state index contributed by atoms with van der Waals surface area (Å²) in [7, 11) is 0. The van der Waals surface area contributed by atoms with Crippen molar-refractivity contribution in [2.45, 2.75) is 19.9 Å². The van der Waals surface area contributed by atoms with E-state index < -0.39 is 0 Å². The van der Waals surface area contributed by atoms with Crippen molar-refractivity contribution in [3.63, 3.8) is 0 Å².